The van der Waals surface area contributed by atoms with Gasteiger partial charge in [0, 0.05) is 25.0 Å². The van der Waals surface area contributed by atoms with E-state index in [1.807, 2.05) is 13.2 Å². The minimum Gasteiger partial charge on any atom is -0.370 e. The monoisotopic (exact) mass is 491 g/mol. The van der Waals surface area contributed by atoms with Crippen molar-refractivity contribution in [1.29, 1.82) is 0 Å². The van der Waals surface area contributed by atoms with Gasteiger partial charge in [-0.1, -0.05) is 44.6 Å². The van der Waals surface area contributed by atoms with Gasteiger partial charge in [0.15, 0.2) is 0 Å². The number of rotatable bonds is 8. The smallest absolute Gasteiger partial charge is 0.326 e. The molecule has 5 rings (SSSR count). The van der Waals surface area contributed by atoms with E-state index >= 15 is 0 Å². The molecule has 2 fully saturated rings. The third-order valence-electron chi connectivity index (χ3n) is 10.6. The van der Waals surface area contributed by atoms with Crippen molar-refractivity contribution in [3.63, 3.8) is 0 Å². The van der Waals surface area contributed by atoms with E-state index in [1.165, 1.54) is 50.5 Å². The van der Waals surface area contributed by atoms with Crippen LogP contribution in [-0.4, -0.2) is 30.6 Å². The zero-order valence-electron chi connectivity index (χ0n) is 22.7. The van der Waals surface area contributed by atoms with Gasteiger partial charge in [-0.05, 0) is 110 Å². The molecule has 7 atom stereocenters. The molecule has 1 aromatic heterocycles. The number of aromatic nitrogens is 1. The summed E-state index contributed by atoms with van der Waals surface area (Å²) in [7, 11) is 1.85. The minimum absolute atomic E-state index is 0.183. The first-order chi connectivity index (χ1) is 17.4. The van der Waals surface area contributed by atoms with E-state index in [0.29, 0.717) is 24.3 Å². The van der Waals surface area contributed by atoms with Crippen LogP contribution in [0.3, 0.4) is 0 Å². The van der Waals surface area contributed by atoms with Crippen molar-refractivity contribution in [2.45, 2.75) is 84.6 Å². The van der Waals surface area contributed by atoms with Gasteiger partial charge < -0.3 is 10.2 Å². The maximum atomic E-state index is 12.0. The number of hydrogen-bond acceptors (Lipinski definition) is 5. The SMILES string of the molecule is CCC(NOC(=O)CCNC)C1C=C2CC[C@H]3[C@H](CC[C@]4(C)C(c5cccnc5)=CC[C@@H]34)[C@@]2(C)CC1. The van der Waals surface area contributed by atoms with Gasteiger partial charge in [-0.2, -0.15) is 0 Å². The second-order valence-electron chi connectivity index (χ2n) is 12.2. The van der Waals surface area contributed by atoms with Crippen molar-refractivity contribution >= 4 is 11.5 Å². The van der Waals surface area contributed by atoms with Crippen LogP contribution in [0.25, 0.3) is 5.57 Å². The molecule has 0 aliphatic heterocycles. The molecule has 4 aliphatic rings. The van der Waals surface area contributed by atoms with E-state index in [4.69, 9.17) is 4.84 Å². The van der Waals surface area contributed by atoms with Crippen molar-refractivity contribution in [2.24, 2.45) is 34.5 Å². The first-order valence-electron chi connectivity index (χ1n) is 14.3. The highest BCUT2D eigenvalue weighted by molar-refractivity contribution is 5.72. The summed E-state index contributed by atoms with van der Waals surface area (Å²) < 4.78 is 0. The lowest BCUT2D eigenvalue weighted by Crippen LogP contribution is -2.50. The Bertz CT molecular complexity index is 1000. The van der Waals surface area contributed by atoms with Crippen LogP contribution in [0.5, 0.6) is 0 Å². The van der Waals surface area contributed by atoms with Gasteiger partial charge in [0.1, 0.15) is 0 Å². The Morgan fingerprint density at radius 3 is 2.78 bits per heavy atom. The molecule has 0 radical (unpaired) electrons. The third kappa shape index (κ3) is 4.47. The average Bonchev–Trinajstić information content (AvgIpc) is 3.25. The van der Waals surface area contributed by atoms with Crippen LogP contribution in [0.15, 0.2) is 42.3 Å². The summed E-state index contributed by atoms with van der Waals surface area (Å²) in [5, 5.41) is 3.00. The fraction of sp³-hybridized carbons (Fsp3) is 0.677. The van der Waals surface area contributed by atoms with Crippen LogP contribution in [0.1, 0.15) is 84.1 Å². The van der Waals surface area contributed by atoms with E-state index in [9.17, 15) is 4.79 Å². The molecule has 0 aromatic carbocycles. The normalized spacial score (nSPS) is 36.1. The largest absolute Gasteiger partial charge is 0.370 e. The molecule has 36 heavy (non-hydrogen) atoms. The molecule has 0 bridgehead atoms. The van der Waals surface area contributed by atoms with E-state index in [-0.39, 0.29) is 17.4 Å². The van der Waals surface area contributed by atoms with Gasteiger partial charge in [-0.3, -0.25) is 9.78 Å². The number of carbonyl (C=O) groups is 1. The molecule has 5 nitrogen and oxygen atoms in total. The highest BCUT2D eigenvalue weighted by Crippen LogP contribution is 2.67. The Kier molecular flexibility index (Phi) is 7.42. The Hall–Kier alpha value is -1.98. The molecule has 5 heteroatoms. The predicted molar refractivity (Wildman–Crippen MR) is 145 cm³/mol. The van der Waals surface area contributed by atoms with E-state index in [0.717, 1.165) is 24.2 Å². The molecule has 0 saturated heterocycles. The van der Waals surface area contributed by atoms with E-state index in [1.54, 1.807) is 11.1 Å². The molecule has 4 aliphatic carbocycles. The Balaban J connectivity index is 1.29. The quantitative estimate of drug-likeness (QED) is 0.340. The third-order valence-corrected chi connectivity index (χ3v) is 10.6. The second kappa shape index (κ2) is 10.4. The Labute approximate surface area is 217 Å². The van der Waals surface area contributed by atoms with Gasteiger partial charge in [0.05, 0.1) is 6.42 Å². The summed E-state index contributed by atoms with van der Waals surface area (Å²) >= 11 is 0. The topological polar surface area (TPSA) is 63.2 Å². The summed E-state index contributed by atoms with van der Waals surface area (Å²) in [6.45, 7) is 7.95. The molecule has 2 unspecified atom stereocenters. The lowest BCUT2D eigenvalue weighted by molar-refractivity contribution is -0.153. The number of pyridine rings is 1. The number of hydrogen-bond donors (Lipinski definition) is 2. The van der Waals surface area contributed by atoms with Crippen LogP contribution in [0.2, 0.25) is 0 Å². The van der Waals surface area contributed by atoms with E-state index < -0.39 is 0 Å². The molecular formula is C31H45N3O2. The van der Waals surface area contributed by atoms with Gasteiger partial charge in [0.25, 0.3) is 0 Å². The predicted octanol–water partition coefficient (Wildman–Crippen LogP) is 6.09. The average molecular weight is 492 g/mol. The van der Waals surface area contributed by atoms with Gasteiger partial charge >= 0.3 is 5.97 Å². The van der Waals surface area contributed by atoms with Crippen molar-refractivity contribution in [3.8, 4) is 0 Å². The lowest BCUT2D eigenvalue weighted by atomic mass is 9.46. The maximum Gasteiger partial charge on any atom is 0.326 e. The van der Waals surface area contributed by atoms with Crippen LogP contribution in [-0.2, 0) is 9.63 Å². The van der Waals surface area contributed by atoms with Crippen LogP contribution < -0.4 is 10.8 Å². The zero-order valence-corrected chi connectivity index (χ0v) is 22.7. The molecule has 0 spiro atoms. The van der Waals surface area contributed by atoms with E-state index in [2.05, 4.69) is 67.0 Å². The van der Waals surface area contributed by atoms with Crippen LogP contribution in [0.4, 0.5) is 0 Å². The number of fused-ring (bicyclic) bond motifs is 5. The second-order valence-corrected chi connectivity index (χ2v) is 12.2. The fourth-order valence-electron chi connectivity index (χ4n) is 8.50. The van der Waals surface area contributed by atoms with Gasteiger partial charge in [-0.15, -0.1) is 5.48 Å². The summed E-state index contributed by atoms with van der Waals surface area (Å²) in [5.41, 5.74) is 8.30. The van der Waals surface area contributed by atoms with Crippen molar-refractivity contribution in [3.05, 3.63) is 47.8 Å². The summed E-state index contributed by atoms with van der Waals surface area (Å²) in [6.07, 6.45) is 19.2. The Morgan fingerprint density at radius 2 is 2.03 bits per heavy atom. The molecule has 2 N–H and O–H groups in total. The van der Waals surface area contributed by atoms with Gasteiger partial charge in [0.2, 0.25) is 0 Å². The number of nitrogens with zero attached hydrogens (tertiary/aromatic N) is 1. The minimum atomic E-state index is -0.183. The summed E-state index contributed by atoms with van der Waals surface area (Å²) in [6, 6.07) is 4.52. The number of allylic oxidation sites excluding steroid dienone is 3. The highest BCUT2D eigenvalue weighted by Gasteiger charge is 2.57. The molecule has 196 valence electrons. The van der Waals surface area contributed by atoms with Crippen molar-refractivity contribution in [2.75, 3.05) is 13.6 Å². The standard InChI is InChI=1S/C31H45N3O2/c1-5-28(34-36-29(35)14-18-32-4)21-12-15-30(2)23(19-21)8-9-24-26-11-10-25(22-7-6-17-33-20-22)31(26,3)16-13-27(24)30/h6-7,10,17,19-21,24,26-28,32,34H,5,8-9,11-16,18H2,1-4H3/t21?,24-,26+,27+,28?,30+,31-/m1/s1. The Morgan fingerprint density at radius 1 is 1.19 bits per heavy atom. The van der Waals surface area contributed by atoms with Gasteiger partial charge in [-0.25, -0.2) is 0 Å². The molecule has 1 heterocycles. The fourth-order valence-corrected chi connectivity index (χ4v) is 8.50. The molecule has 2 saturated carbocycles. The van der Waals surface area contributed by atoms with Crippen LogP contribution >= 0.6 is 0 Å². The molecule has 1 aromatic rings. The summed E-state index contributed by atoms with van der Waals surface area (Å²) in [5.74, 6) is 2.60. The molecular weight excluding hydrogens is 446 g/mol. The maximum absolute atomic E-state index is 12.0. The number of hydroxylamine groups is 1. The highest BCUT2D eigenvalue weighted by atomic mass is 16.7. The zero-order chi connectivity index (χ0) is 25.3. The van der Waals surface area contributed by atoms with Crippen LogP contribution in [0, 0.1) is 34.5 Å². The van der Waals surface area contributed by atoms with Crippen molar-refractivity contribution in [1.82, 2.24) is 15.8 Å². The summed E-state index contributed by atoms with van der Waals surface area (Å²) in [4.78, 5) is 21.9. The first-order valence-corrected chi connectivity index (χ1v) is 14.3. The first kappa shape index (κ1) is 25.7. The number of nitrogens with one attached hydrogen (secondary N) is 2. The molecule has 0 amide bonds. The number of carbonyl (C=O) groups excluding carboxylic acids is 1. The lowest BCUT2D eigenvalue weighted by Gasteiger charge is -2.58. The van der Waals surface area contributed by atoms with Crippen molar-refractivity contribution < 1.29 is 9.63 Å².